The number of likely N-dealkylation sites (N-methyl/N-ethyl adjacent to an activating group) is 1. The zero-order chi connectivity index (χ0) is 13.1. The zero-order valence-electron chi connectivity index (χ0n) is 10.6. The summed E-state index contributed by atoms with van der Waals surface area (Å²) in [6.07, 6.45) is -0.0308. The van der Waals surface area contributed by atoms with E-state index in [1.54, 1.807) is 0 Å². The van der Waals surface area contributed by atoms with Gasteiger partial charge in [0.1, 0.15) is 0 Å². The van der Waals surface area contributed by atoms with Gasteiger partial charge in [-0.25, -0.2) is 13.1 Å². The monoisotopic (exact) mass is 266 g/mol. The maximum atomic E-state index is 11.1. The molecule has 0 radical (unpaired) electrons. The first-order valence-corrected chi connectivity index (χ1v) is 7.75. The average molecular weight is 266 g/mol. The van der Waals surface area contributed by atoms with Gasteiger partial charge < -0.3 is 14.7 Å². The van der Waals surface area contributed by atoms with Crippen molar-refractivity contribution in [3.05, 3.63) is 0 Å². The molecule has 2 N–H and O–H groups in total. The summed E-state index contributed by atoms with van der Waals surface area (Å²) in [6, 6.07) is -0.537. The predicted octanol–water partition coefficient (Wildman–Crippen LogP) is -0.994. The van der Waals surface area contributed by atoms with E-state index in [1.807, 2.05) is 13.8 Å². The van der Waals surface area contributed by atoms with Gasteiger partial charge >= 0.3 is 0 Å². The minimum absolute atomic E-state index is 0.222. The minimum Gasteiger partial charge on any atom is -0.389 e. The molecule has 0 spiro atoms. The van der Waals surface area contributed by atoms with Crippen LogP contribution in [0.3, 0.4) is 0 Å². The normalized spacial score (nSPS) is 30.1. The van der Waals surface area contributed by atoms with Crippen LogP contribution in [0.25, 0.3) is 0 Å². The van der Waals surface area contributed by atoms with Gasteiger partial charge in [0.2, 0.25) is 10.0 Å². The standard InChI is InChI=1S/C10H22N2O4S/c1-4-12(5-2)6-9-10(13)8(7-16-9)11-17(3,14)15/h8-11,13H,4-7H2,1-3H3/t8-,9-,10+/m0/s1. The molecule has 1 fully saturated rings. The molecule has 0 saturated carbocycles. The van der Waals surface area contributed by atoms with Crippen molar-refractivity contribution in [2.24, 2.45) is 0 Å². The van der Waals surface area contributed by atoms with Gasteiger partial charge in [-0.05, 0) is 13.1 Å². The lowest BCUT2D eigenvalue weighted by Gasteiger charge is -2.24. The Balaban J connectivity index is 2.52. The van der Waals surface area contributed by atoms with Gasteiger partial charge in [0, 0.05) is 6.54 Å². The molecule has 17 heavy (non-hydrogen) atoms. The fraction of sp³-hybridized carbons (Fsp3) is 1.00. The fourth-order valence-electron chi connectivity index (χ4n) is 1.96. The summed E-state index contributed by atoms with van der Waals surface area (Å²) in [7, 11) is -3.31. The summed E-state index contributed by atoms with van der Waals surface area (Å²) < 4.78 is 30.0. The highest BCUT2D eigenvalue weighted by molar-refractivity contribution is 7.88. The van der Waals surface area contributed by atoms with Crippen molar-refractivity contribution in [2.75, 3.05) is 32.5 Å². The van der Waals surface area contributed by atoms with Gasteiger partial charge in [-0.3, -0.25) is 0 Å². The number of aliphatic hydroxyl groups is 1. The molecule has 0 aliphatic carbocycles. The third-order valence-corrected chi connectivity index (χ3v) is 3.71. The van der Waals surface area contributed by atoms with Gasteiger partial charge in [-0.2, -0.15) is 0 Å². The largest absolute Gasteiger partial charge is 0.389 e. The van der Waals surface area contributed by atoms with Crippen LogP contribution in [0.1, 0.15) is 13.8 Å². The summed E-state index contributed by atoms with van der Waals surface area (Å²) in [5, 5.41) is 9.97. The average Bonchev–Trinajstić information content (AvgIpc) is 2.55. The topological polar surface area (TPSA) is 78.9 Å². The quantitative estimate of drug-likeness (QED) is 0.645. The van der Waals surface area contributed by atoms with E-state index in [1.165, 1.54) is 0 Å². The highest BCUT2D eigenvalue weighted by Crippen LogP contribution is 2.16. The summed E-state index contributed by atoms with van der Waals surface area (Å²) in [4.78, 5) is 2.14. The lowest BCUT2D eigenvalue weighted by molar-refractivity contribution is 0.0175. The lowest BCUT2D eigenvalue weighted by atomic mass is 10.1. The van der Waals surface area contributed by atoms with E-state index >= 15 is 0 Å². The van der Waals surface area contributed by atoms with Crippen molar-refractivity contribution in [2.45, 2.75) is 32.1 Å². The molecule has 1 aliphatic rings. The summed E-state index contributed by atoms with van der Waals surface area (Å²) >= 11 is 0. The lowest BCUT2D eigenvalue weighted by Crippen LogP contribution is -2.46. The SMILES string of the molecule is CCN(CC)C[C@@H]1OC[C@H](NS(C)(=O)=O)[C@H]1O. The molecule has 7 heteroatoms. The molecule has 0 aromatic rings. The van der Waals surface area contributed by atoms with E-state index in [0.717, 1.165) is 19.3 Å². The Morgan fingerprint density at radius 3 is 2.47 bits per heavy atom. The second-order valence-corrected chi connectivity index (χ2v) is 6.12. The van der Waals surface area contributed by atoms with Crippen molar-refractivity contribution < 1.29 is 18.3 Å². The number of nitrogens with one attached hydrogen (secondary N) is 1. The van der Waals surface area contributed by atoms with Crippen LogP contribution in [0.5, 0.6) is 0 Å². The van der Waals surface area contributed by atoms with E-state index in [0.29, 0.717) is 6.54 Å². The zero-order valence-corrected chi connectivity index (χ0v) is 11.4. The Morgan fingerprint density at radius 1 is 1.41 bits per heavy atom. The number of rotatable bonds is 6. The third-order valence-electron chi connectivity index (χ3n) is 2.98. The summed E-state index contributed by atoms with van der Waals surface area (Å²) in [5.41, 5.74) is 0. The van der Waals surface area contributed by atoms with E-state index < -0.39 is 22.2 Å². The van der Waals surface area contributed by atoms with Crippen molar-refractivity contribution in [3.63, 3.8) is 0 Å². The van der Waals surface area contributed by atoms with Crippen LogP contribution in [0.15, 0.2) is 0 Å². The van der Waals surface area contributed by atoms with E-state index in [2.05, 4.69) is 9.62 Å². The van der Waals surface area contributed by atoms with Crippen molar-refractivity contribution in [3.8, 4) is 0 Å². The van der Waals surface area contributed by atoms with Crippen LogP contribution in [-0.4, -0.2) is 69.2 Å². The van der Waals surface area contributed by atoms with Crippen molar-refractivity contribution in [1.29, 1.82) is 0 Å². The first-order valence-electron chi connectivity index (χ1n) is 5.86. The van der Waals surface area contributed by atoms with Gasteiger partial charge in [-0.15, -0.1) is 0 Å². The van der Waals surface area contributed by atoms with Crippen LogP contribution < -0.4 is 4.72 Å². The second kappa shape index (κ2) is 6.10. The number of hydrogen-bond acceptors (Lipinski definition) is 5. The number of ether oxygens (including phenoxy) is 1. The van der Waals surface area contributed by atoms with Gasteiger partial charge in [-0.1, -0.05) is 13.8 Å². The molecule has 0 amide bonds. The van der Waals surface area contributed by atoms with Crippen molar-refractivity contribution in [1.82, 2.24) is 9.62 Å². The highest BCUT2D eigenvalue weighted by atomic mass is 32.2. The summed E-state index contributed by atoms with van der Waals surface area (Å²) in [5.74, 6) is 0. The van der Waals surface area contributed by atoms with Crippen LogP contribution in [-0.2, 0) is 14.8 Å². The second-order valence-electron chi connectivity index (χ2n) is 4.34. The number of hydrogen-bond donors (Lipinski definition) is 2. The van der Waals surface area contributed by atoms with Crippen LogP contribution in [0.4, 0.5) is 0 Å². The molecule has 1 heterocycles. The Hall–Kier alpha value is -0.210. The Morgan fingerprint density at radius 2 is 2.00 bits per heavy atom. The van der Waals surface area contributed by atoms with Crippen molar-refractivity contribution >= 4 is 10.0 Å². The van der Waals surface area contributed by atoms with Crippen LogP contribution in [0, 0.1) is 0 Å². The Labute approximate surface area is 103 Å². The Kier molecular flexibility index (Phi) is 5.33. The number of nitrogens with zero attached hydrogens (tertiary/aromatic N) is 1. The molecule has 0 bridgehead atoms. The molecule has 0 unspecified atom stereocenters. The Bertz CT molecular complexity index is 329. The van der Waals surface area contributed by atoms with Gasteiger partial charge in [0.15, 0.2) is 0 Å². The fourth-order valence-corrected chi connectivity index (χ4v) is 2.72. The maximum Gasteiger partial charge on any atom is 0.209 e. The molecule has 1 saturated heterocycles. The summed E-state index contributed by atoms with van der Waals surface area (Å²) in [6.45, 7) is 6.69. The smallest absolute Gasteiger partial charge is 0.209 e. The highest BCUT2D eigenvalue weighted by Gasteiger charge is 2.37. The van der Waals surface area contributed by atoms with Gasteiger partial charge in [0.25, 0.3) is 0 Å². The molecule has 0 aromatic heterocycles. The third kappa shape index (κ3) is 4.51. The predicted molar refractivity (Wildman–Crippen MR) is 65.3 cm³/mol. The first-order chi connectivity index (χ1) is 7.87. The molecule has 0 aromatic carbocycles. The molecule has 3 atom stereocenters. The molecular weight excluding hydrogens is 244 g/mol. The number of aliphatic hydroxyl groups excluding tert-OH is 1. The molecule has 6 nitrogen and oxygen atoms in total. The molecule has 1 rings (SSSR count). The maximum absolute atomic E-state index is 11.1. The van der Waals surface area contributed by atoms with E-state index in [9.17, 15) is 13.5 Å². The van der Waals surface area contributed by atoms with Crippen LogP contribution in [0.2, 0.25) is 0 Å². The molecular formula is C10H22N2O4S. The van der Waals surface area contributed by atoms with E-state index in [4.69, 9.17) is 4.74 Å². The number of sulfonamides is 1. The molecule has 102 valence electrons. The van der Waals surface area contributed by atoms with Crippen LogP contribution >= 0.6 is 0 Å². The molecule has 1 aliphatic heterocycles. The minimum atomic E-state index is -3.31. The van der Waals surface area contributed by atoms with Gasteiger partial charge in [0.05, 0.1) is 31.1 Å². The van der Waals surface area contributed by atoms with E-state index in [-0.39, 0.29) is 12.7 Å². The first kappa shape index (κ1) is 14.8.